The zero-order valence-electron chi connectivity index (χ0n) is 12.7. The highest BCUT2D eigenvalue weighted by Crippen LogP contribution is 2.42. The van der Waals surface area contributed by atoms with Crippen LogP contribution in [0.2, 0.25) is 0 Å². The van der Waals surface area contributed by atoms with Crippen molar-refractivity contribution in [3.05, 3.63) is 17.5 Å². The summed E-state index contributed by atoms with van der Waals surface area (Å²) >= 11 is 2.68. The molecule has 0 aromatic carbocycles. The van der Waals surface area contributed by atoms with Crippen LogP contribution in [0.15, 0.2) is 22.7 Å². The maximum atomic E-state index is 12.2. The van der Waals surface area contributed by atoms with Gasteiger partial charge in [-0.1, -0.05) is 17.8 Å². The number of thiophene rings is 1. The molecule has 1 fully saturated rings. The lowest BCUT2D eigenvalue weighted by Gasteiger charge is -2.14. The van der Waals surface area contributed by atoms with Crippen molar-refractivity contribution in [1.82, 2.24) is 20.1 Å². The summed E-state index contributed by atoms with van der Waals surface area (Å²) in [4.78, 5) is 12.8. The standard InChI is InChI=1S/C14H15F3N4OS2/c1-8(12(22)18-7-14(15,16)17)24-13-20-19-11(10-3-2-6-23-10)21(13)9-4-5-9/h2-3,6,8-9H,4-5,7H2,1H3,(H,18,22). The number of hydrogen-bond acceptors (Lipinski definition) is 5. The second-order valence-corrected chi connectivity index (χ2v) is 7.73. The molecule has 1 aliphatic rings. The van der Waals surface area contributed by atoms with Gasteiger partial charge in [0, 0.05) is 6.04 Å². The molecule has 3 rings (SSSR count). The number of amides is 1. The highest BCUT2D eigenvalue weighted by Gasteiger charge is 2.33. The Labute approximate surface area is 144 Å². The van der Waals surface area contributed by atoms with Gasteiger partial charge in [0.25, 0.3) is 0 Å². The molecule has 0 saturated heterocycles. The first-order chi connectivity index (χ1) is 11.3. The Balaban J connectivity index is 1.72. The minimum atomic E-state index is -4.42. The van der Waals surface area contributed by atoms with E-state index in [0.717, 1.165) is 35.3 Å². The molecular formula is C14H15F3N4OS2. The normalized spacial score (nSPS) is 16.2. The summed E-state index contributed by atoms with van der Waals surface area (Å²) in [5, 5.41) is 12.1. The zero-order valence-corrected chi connectivity index (χ0v) is 14.3. The highest BCUT2D eigenvalue weighted by molar-refractivity contribution is 8.00. The van der Waals surface area contributed by atoms with E-state index in [4.69, 9.17) is 0 Å². The van der Waals surface area contributed by atoms with Crippen molar-refractivity contribution < 1.29 is 18.0 Å². The van der Waals surface area contributed by atoms with Crippen molar-refractivity contribution in [2.75, 3.05) is 6.54 Å². The predicted molar refractivity (Wildman–Crippen MR) is 86.0 cm³/mol. The molecule has 2 aromatic rings. The summed E-state index contributed by atoms with van der Waals surface area (Å²) in [5.74, 6) is 0.0817. The Bertz CT molecular complexity index is 710. The Hall–Kier alpha value is -1.55. The van der Waals surface area contributed by atoms with E-state index in [1.54, 1.807) is 18.3 Å². The smallest absolute Gasteiger partial charge is 0.346 e. The Morgan fingerprint density at radius 3 is 2.83 bits per heavy atom. The Morgan fingerprint density at radius 2 is 2.25 bits per heavy atom. The third-order valence-electron chi connectivity index (χ3n) is 3.43. The summed E-state index contributed by atoms with van der Waals surface area (Å²) in [7, 11) is 0. The van der Waals surface area contributed by atoms with E-state index in [2.05, 4.69) is 10.2 Å². The van der Waals surface area contributed by atoms with E-state index in [-0.39, 0.29) is 0 Å². The fourth-order valence-corrected chi connectivity index (χ4v) is 3.78. The summed E-state index contributed by atoms with van der Waals surface area (Å²) < 4.78 is 38.6. The van der Waals surface area contributed by atoms with E-state index in [9.17, 15) is 18.0 Å². The number of carbonyl (C=O) groups is 1. The van der Waals surface area contributed by atoms with Gasteiger partial charge in [-0.3, -0.25) is 9.36 Å². The number of aromatic nitrogens is 3. The van der Waals surface area contributed by atoms with Crippen LogP contribution < -0.4 is 5.32 Å². The fraction of sp³-hybridized carbons (Fsp3) is 0.500. The van der Waals surface area contributed by atoms with Gasteiger partial charge < -0.3 is 5.32 Å². The van der Waals surface area contributed by atoms with Crippen LogP contribution in [0.5, 0.6) is 0 Å². The van der Waals surface area contributed by atoms with E-state index in [1.807, 2.05) is 27.4 Å². The molecule has 0 radical (unpaired) electrons. The third-order valence-corrected chi connectivity index (χ3v) is 5.36. The number of hydrogen-bond donors (Lipinski definition) is 1. The lowest BCUT2D eigenvalue weighted by Crippen LogP contribution is -2.38. The number of halogens is 3. The predicted octanol–water partition coefficient (Wildman–Crippen LogP) is 3.50. The average molecular weight is 376 g/mol. The molecule has 5 nitrogen and oxygen atoms in total. The molecule has 1 atom stereocenters. The number of nitrogens with zero attached hydrogens (tertiary/aromatic N) is 3. The van der Waals surface area contributed by atoms with Crippen molar-refractivity contribution in [2.24, 2.45) is 0 Å². The van der Waals surface area contributed by atoms with E-state index in [0.29, 0.717) is 11.2 Å². The van der Waals surface area contributed by atoms with Gasteiger partial charge in [0.05, 0.1) is 10.1 Å². The fourth-order valence-electron chi connectivity index (χ4n) is 2.14. The summed E-state index contributed by atoms with van der Waals surface area (Å²) in [6.07, 6.45) is -2.39. The molecule has 130 valence electrons. The van der Waals surface area contributed by atoms with E-state index >= 15 is 0 Å². The number of thioether (sulfide) groups is 1. The maximum absolute atomic E-state index is 12.2. The van der Waals surface area contributed by atoms with Crippen molar-refractivity contribution in [1.29, 1.82) is 0 Å². The maximum Gasteiger partial charge on any atom is 0.405 e. The van der Waals surface area contributed by atoms with Gasteiger partial charge in [0.1, 0.15) is 6.54 Å². The SMILES string of the molecule is CC(Sc1nnc(-c2cccs2)n1C1CC1)C(=O)NCC(F)(F)F. The van der Waals surface area contributed by atoms with Gasteiger partial charge in [-0.25, -0.2) is 0 Å². The second kappa shape index (κ2) is 6.75. The van der Waals surface area contributed by atoms with Gasteiger partial charge in [-0.2, -0.15) is 13.2 Å². The Morgan fingerprint density at radius 1 is 1.50 bits per heavy atom. The molecule has 24 heavy (non-hydrogen) atoms. The first kappa shape index (κ1) is 17.3. The van der Waals surface area contributed by atoms with Crippen LogP contribution in [0, 0.1) is 0 Å². The number of alkyl halides is 3. The zero-order chi connectivity index (χ0) is 17.3. The van der Waals surface area contributed by atoms with Crippen molar-refractivity contribution >= 4 is 29.0 Å². The van der Waals surface area contributed by atoms with Gasteiger partial charge in [0.2, 0.25) is 5.91 Å². The van der Waals surface area contributed by atoms with Crippen LogP contribution in [-0.2, 0) is 4.79 Å². The third kappa shape index (κ3) is 4.10. The van der Waals surface area contributed by atoms with Crippen LogP contribution >= 0.6 is 23.1 Å². The summed E-state index contributed by atoms with van der Waals surface area (Å²) in [5.41, 5.74) is 0. The molecular weight excluding hydrogens is 361 g/mol. The van der Waals surface area contributed by atoms with Crippen molar-refractivity contribution in [3.8, 4) is 10.7 Å². The molecule has 0 spiro atoms. The molecule has 1 unspecified atom stereocenters. The average Bonchev–Trinajstić information content (AvgIpc) is 3.04. The first-order valence-electron chi connectivity index (χ1n) is 7.35. The summed E-state index contributed by atoms with van der Waals surface area (Å²) in [6, 6.07) is 4.16. The second-order valence-electron chi connectivity index (χ2n) is 5.48. The Kier molecular flexibility index (Phi) is 4.86. The van der Waals surface area contributed by atoms with Crippen molar-refractivity contribution in [2.45, 2.75) is 42.4 Å². The minimum Gasteiger partial charge on any atom is -0.346 e. The highest BCUT2D eigenvalue weighted by atomic mass is 32.2. The van der Waals surface area contributed by atoms with Gasteiger partial charge in [0.15, 0.2) is 11.0 Å². The van der Waals surface area contributed by atoms with Gasteiger partial charge in [-0.15, -0.1) is 21.5 Å². The largest absolute Gasteiger partial charge is 0.405 e. The van der Waals surface area contributed by atoms with Crippen LogP contribution in [0.1, 0.15) is 25.8 Å². The molecule has 2 heterocycles. The number of nitrogens with one attached hydrogen (secondary N) is 1. The van der Waals surface area contributed by atoms with Crippen LogP contribution in [-0.4, -0.2) is 38.6 Å². The quantitative estimate of drug-likeness (QED) is 0.784. The molecule has 2 aromatic heterocycles. The molecule has 0 bridgehead atoms. The molecule has 10 heteroatoms. The lowest BCUT2D eigenvalue weighted by molar-refractivity contribution is -0.137. The molecule has 1 saturated carbocycles. The topological polar surface area (TPSA) is 59.8 Å². The van der Waals surface area contributed by atoms with E-state index in [1.165, 1.54) is 0 Å². The molecule has 1 amide bonds. The summed E-state index contributed by atoms with van der Waals surface area (Å²) in [6.45, 7) is 0.236. The van der Waals surface area contributed by atoms with Crippen LogP contribution in [0.3, 0.4) is 0 Å². The molecule has 0 aliphatic heterocycles. The molecule has 1 N–H and O–H groups in total. The molecule has 1 aliphatic carbocycles. The van der Waals surface area contributed by atoms with E-state index < -0.39 is 23.9 Å². The van der Waals surface area contributed by atoms with Crippen LogP contribution in [0.25, 0.3) is 10.7 Å². The number of rotatable bonds is 6. The lowest BCUT2D eigenvalue weighted by atomic mass is 10.4. The minimum absolute atomic E-state index is 0.296. The van der Waals surface area contributed by atoms with Gasteiger partial charge in [-0.05, 0) is 31.2 Å². The van der Waals surface area contributed by atoms with Gasteiger partial charge >= 0.3 is 6.18 Å². The number of carbonyl (C=O) groups excluding carboxylic acids is 1. The van der Waals surface area contributed by atoms with Crippen LogP contribution in [0.4, 0.5) is 13.2 Å². The monoisotopic (exact) mass is 376 g/mol. The van der Waals surface area contributed by atoms with Crippen molar-refractivity contribution in [3.63, 3.8) is 0 Å². The first-order valence-corrected chi connectivity index (χ1v) is 9.11.